The highest BCUT2D eigenvalue weighted by Crippen LogP contribution is 2.25. The first-order valence-electron chi connectivity index (χ1n) is 5.14. The van der Waals surface area contributed by atoms with Gasteiger partial charge < -0.3 is 0 Å². The lowest BCUT2D eigenvalue weighted by Gasteiger charge is -2.11. The van der Waals surface area contributed by atoms with E-state index in [0.717, 1.165) is 8.47 Å². The number of carbonyl (C=O) groups excluding carboxylic acids is 2. The highest BCUT2D eigenvalue weighted by atomic mass is 127. The average molecular weight is 351 g/mol. The normalized spacial score (nSPS) is 13.9. The molecule has 0 bridgehead atoms. The molecule has 0 unspecified atom stereocenters. The third kappa shape index (κ3) is 1.60. The van der Waals surface area contributed by atoms with Crippen molar-refractivity contribution in [1.82, 2.24) is 9.97 Å². The van der Waals surface area contributed by atoms with E-state index in [4.69, 9.17) is 0 Å². The Morgan fingerprint density at radius 3 is 2.56 bits per heavy atom. The predicted octanol–water partition coefficient (Wildman–Crippen LogP) is 1.88. The topological polar surface area (TPSA) is 63.2 Å². The Morgan fingerprint density at radius 2 is 1.89 bits per heavy atom. The molecule has 2 aromatic heterocycles. The molecule has 0 spiro atoms. The van der Waals surface area contributed by atoms with E-state index in [2.05, 4.69) is 32.6 Å². The molecule has 1 aliphatic rings. The molecule has 5 nitrogen and oxygen atoms in total. The summed E-state index contributed by atoms with van der Waals surface area (Å²) >= 11 is 2.11. The maximum Gasteiger partial charge on any atom is 0.285 e. The van der Waals surface area contributed by atoms with Crippen molar-refractivity contribution in [2.75, 3.05) is 4.90 Å². The van der Waals surface area contributed by atoms with Crippen molar-refractivity contribution in [3.63, 3.8) is 0 Å². The summed E-state index contributed by atoms with van der Waals surface area (Å²) in [5.41, 5.74) is 0.505. The SMILES string of the molecule is O=C1c2cccnc2C(=O)N1c1ccc(I)cn1. The van der Waals surface area contributed by atoms with Gasteiger partial charge in [-0.1, -0.05) is 0 Å². The van der Waals surface area contributed by atoms with E-state index in [1.165, 1.54) is 6.20 Å². The van der Waals surface area contributed by atoms with Gasteiger partial charge in [0, 0.05) is 16.0 Å². The van der Waals surface area contributed by atoms with Crippen LogP contribution in [0.4, 0.5) is 5.82 Å². The van der Waals surface area contributed by atoms with Crippen LogP contribution in [0, 0.1) is 3.57 Å². The number of carbonyl (C=O) groups is 2. The van der Waals surface area contributed by atoms with Gasteiger partial charge in [-0.05, 0) is 46.9 Å². The standard InChI is InChI=1S/C12H6IN3O2/c13-7-3-4-9(15-6-7)16-11(17)8-2-1-5-14-10(8)12(16)18/h1-6H. The molecule has 0 N–H and O–H groups in total. The smallest absolute Gasteiger partial charge is 0.268 e. The highest BCUT2D eigenvalue weighted by molar-refractivity contribution is 14.1. The molecule has 1 aliphatic heterocycles. The van der Waals surface area contributed by atoms with Gasteiger partial charge in [-0.2, -0.15) is 0 Å². The number of fused-ring (bicyclic) bond motifs is 1. The van der Waals surface area contributed by atoms with Crippen molar-refractivity contribution < 1.29 is 9.59 Å². The van der Waals surface area contributed by atoms with E-state index in [0.29, 0.717) is 11.4 Å². The molecule has 2 amide bonds. The quantitative estimate of drug-likeness (QED) is 0.582. The predicted molar refractivity (Wildman–Crippen MR) is 72.3 cm³/mol. The first-order chi connectivity index (χ1) is 8.68. The molecule has 3 heterocycles. The molecular weight excluding hydrogens is 345 g/mol. The Balaban J connectivity index is 2.09. The van der Waals surface area contributed by atoms with E-state index in [1.54, 1.807) is 30.5 Å². The zero-order chi connectivity index (χ0) is 12.7. The van der Waals surface area contributed by atoms with E-state index in [9.17, 15) is 9.59 Å². The summed E-state index contributed by atoms with van der Waals surface area (Å²) in [6.07, 6.45) is 3.10. The molecular formula is C12H6IN3O2. The zero-order valence-corrected chi connectivity index (χ0v) is 11.2. The van der Waals surface area contributed by atoms with Crippen molar-refractivity contribution in [3.05, 3.63) is 51.5 Å². The Morgan fingerprint density at radius 1 is 1.06 bits per heavy atom. The van der Waals surface area contributed by atoms with Crippen LogP contribution in [0.25, 0.3) is 0 Å². The lowest BCUT2D eigenvalue weighted by Crippen LogP contribution is -2.30. The number of hydrogen-bond acceptors (Lipinski definition) is 4. The van der Waals surface area contributed by atoms with Gasteiger partial charge in [-0.15, -0.1) is 0 Å². The van der Waals surface area contributed by atoms with Crippen molar-refractivity contribution in [1.29, 1.82) is 0 Å². The summed E-state index contributed by atoms with van der Waals surface area (Å²) in [6, 6.07) is 6.66. The number of amides is 2. The number of pyridine rings is 2. The minimum absolute atomic E-state index is 0.183. The molecule has 88 valence electrons. The first kappa shape index (κ1) is 11.3. The molecule has 0 aliphatic carbocycles. The van der Waals surface area contributed by atoms with Crippen molar-refractivity contribution in [2.24, 2.45) is 0 Å². The fraction of sp³-hybridized carbons (Fsp3) is 0. The van der Waals surface area contributed by atoms with Crippen LogP contribution < -0.4 is 4.90 Å². The van der Waals surface area contributed by atoms with E-state index in [-0.39, 0.29) is 11.6 Å². The largest absolute Gasteiger partial charge is 0.285 e. The first-order valence-corrected chi connectivity index (χ1v) is 6.22. The molecule has 0 radical (unpaired) electrons. The summed E-state index contributed by atoms with van der Waals surface area (Å²) in [6.45, 7) is 0. The van der Waals surface area contributed by atoms with E-state index in [1.807, 2.05) is 0 Å². The van der Waals surface area contributed by atoms with Crippen LogP contribution in [0.2, 0.25) is 0 Å². The molecule has 6 heteroatoms. The second-order valence-corrected chi connectivity index (χ2v) is 4.93. The number of aromatic nitrogens is 2. The van der Waals surface area contributed by atoms with Gasteiger partial charge in [0.15, 0.2) is 0 Å². The zero-order valence-electron chi connectivity index (χ0n) is 9.00. The molecule has 2 aromatic rings. The number of nitrogens with zero attached hydrogens (tertiary/aromatic N) is 3. The number of imide groups is 1. The third-order valence-electron chi connectivity index (χ3n) is 2.59. The third-order valence-corrected chi connectivity index (χ3v) is 3.23. The summed E-state index contributed by atoms with van der Waals surface area (Å²) in [5.74, 6) is -0.482. The van der Waals surface area contributed by atoms with Gasteiger partial charge in [-0.3, -0.25) is 14.6 Å². The summed E-state index contributed by atoms with van der Waals surface area (Å²) in [7, 11) is 0. The highest BCUT2D eigenvalue weighted by Gasteiger charge is 2.38. The summed E-state index contributed by atoms with van der Waals surface area (Å²) < 4.78 is 0.936. The van der Waals surface area contributed by atoms with Crippen LogP contribution >= 0.6 is 22.6 Å². The van der Waals surface area contributed by atoms with E-state index < -0.39 is 5.91 Å². The average Bonchev–Trinajstić information content (AvgIpc) is 2.64. The van der Waals surface area contributed by atoms with Gasteiger partial charge in [-0.25, -0.2) is 9.88 Å². The number of anilines is 1. The number of rotatable bonds is 1. The minimum Gasteiger partial charge on any atom is -0.268 e. The van der Waals surface area contributed by atoms with Gasteiger partial charge in [0.1, 0.15) is 11.5 Å². The fourth-order valence-electron chi connectivity index (χ4n) is 1.78. The Hall–Kier alpha value is -1.83. The number of hydrogen-bond donors (Lipinski definition) is 0. The van der Waals surface area contributed by atoms with Crippen LogP contribution in [0.3, 0.4) is 0 Å². The lowest BCUT2D eigenvalue weighted by atomic mass is 10.2. The van der Waals surface area contributed by atoms with Crippen molar-refractivity contribution in [2.45, 2.75) is 0 Å². The van der Waals surface area contributed by atoms with Crippen LogP contribution in [0.1, 0.15) is 20.8 Å². The van der Waals surface area contributed by atoms with E-state index >= 15 is 0 Å². The van der Waals surface area contributed by atoms with Crippen molar-refractivity contribution >= 4 is 40.2 Å². The lowest BCUT2D eigenvalue weighted by molar-refractivity contribution is 0.0923. The monoisotopic (exact) mass is 351 g/mol. The van der Waals surface area contributed by atoms with Gasteiger partial charge >= 0.3 is 0 Å². The second kappa shape index (κ2) is 4.13. The molecule has 0 atom stereocenters. The van der Waals surface area contributed by atoms with Crippen LogP contribution in [0.5, 0.6) is 0 Å². The molecule has 0 fully saturated rings. The maximum absolute atomic E-state index is 12.1. The summed E-state index contributed by atoms with van der Waals surface area (Å²) in [5, 5.41) is 0. The van der Waals surface area contributed by atoms with Gasteiger partial charge in [0.2, 0.25) is 0 Å². The Kier molecular flexibility index (Phi) is 2.58. The Bertz CT molecular complexity index is 620. The Labute approximate surface area is 116 Å². The minimum atomic E-state index is -0.427. The second-order valence-electron chi connectivity index (χ2n) is 3.68. The molecule has 0 saturated heterocycles. The van der Waals surface area contributed by atoms with Crippen LogP contribution in [0.15, 0.2) is 36.7 Å². The summed E-state index contributed by atoms with van der Waals surface area (Å²) in [4.78, 5) is 33.3. The fourth-order valence-corrected chi connectivity index (χ4v) is 2.09. The van der Waals surface area contributed by atoms with Crippen molar-refractivity contribution in [3.8, 4) is 0 Å². The maximum atomic E-state index is 12.1. The van der Waals surface area contributed by atoms with Crippen LogP contribution in [-0.4, -0.2) is 21.8 Å². The number of halogens is 1. The van der Waals surface area contributed by atoms with Crippen LogP contribution in [-0.2, 0) is 0 Å². The van der Waals surface area contributed by atoms with Gasteiger partial charge in [0.25, 0.3) is 11.8 Å². The molecule has 3 rings (SSSR count). The van der Waals surface area contributed by atoms with Gasteiger partial charge in [0.05, 0.1) is 5.56 Å². The molecule has 0 aromatic carbocycles. The molecule has 18 heavy (non-hydrogen) atoms. The molecule has 0 saturated carbocycles.